The minimum atomic E-state index is -0.443. The van der Waals surface area contributed by atoms with E-state index in [1.165, 1.54) is 32.1 Å². The molecule has 0 bridgehead atoms. The second kappa shape index (κ2) is 10.9. The number of ether oxygens (including phenoxy) is 2. The molecule has 2 rings (SSSR count). The number of hydrogen-bond acceptors (Lipinski definition) is 6. The van der Waals surface area contributed by atoms with Gasteiger partial charge in [0.1, 0.15) is 11.9 Å². The fourth-order valence-electron chi connectivity index (χ4n) is 3.27. The van der Waals surface area contributed by atoms with Gasteiger partial charge < -0.3 is 13.9 Å². The third kappa shape index (κ3) is 7.57. The number of carbonyl (C=O) groups is 2. The van der Waals surface area contributed by atoms with E-state index in [4.69, 9.17) is 13.9 Å². The molecular weight excluding hydrogens is 348 g/mol. The van der Waals surface area contributed by atoms with Crippen LogP contribution in [-0.2, 0) is 14.3 Å². The zero-order chi connectivity index (χ0) is 20.6. The fraction of sp³-hybridized carbons (Fsp3) is 0.667. The van der Waals surface area contributed by atoms with Gasteiger partial charge in [0.15, 0.2) is 0 Å². The largest absolute Gasteiger partial charge is 0.465 e. The second-order valence-electron chi connectivity index (χ2n) is 7.47. The van der Waals surface area contributed by atoms with Crippen LogP contribution in [0.4, 0.5) is 0 Å². The van der Waals surface area contributed by atoms with E-state index in [1.807, 2.05) is 0 Å². The van der Waals surface area contributed by atoms with Gasteiger partial charge in [-0.05, 0) is 37.5 Å². The SMILES string of the molecule is CC(=O)O[C@@H]1C[C@H](C)CC[C@H]1C(C)C.CCC(=O)Oc1c(C)occc1=O. The summed E-state index contributed by atoms with van der Waals surface area (Å²) in [6.45, 7) is 11.4. The predicted molar refractivity (Wildman–Crippen MR) is 103 cm³/mol. The molecule has 6 nitrogen and oxygen atoms in total. The van der Waals surface area contributed by atoms with Crippen LogP contribution in [0.3, 0.4) is 0 Å². The Morgan fingerprint density at radius 1 is 1.30 bits per heavy atom. The van der Waals surface area contributed by atoms with Gasteiger partial charge in [0.25, 0.3) is 0 Å². The zero-order valence-corrected chi connectivity index (χ0v) is 17.2. The van der Waals surface area contributed by atoms with Crippen molar-refractivity contribution in [1.29, 1.82) is 0 Å². The monoisotopic (exact) mass is 380 g/mol. The van der Waals surface area contributed by atoms with Gasteiger partial charge in [-0.3, -0.25) is 14.4 Å². The summed E-state index contributed by atoms with van der Waals surface area (Å²) in [6.07, 6.45) is 5.19. The Morgan fingerprint density at radius 2 is 1.96 bits per heavy atom. The van der Waals surface area contributed by atoms with Crippen molar-refractivity contribution in [3.63, 3.8) is 0 Å². The molecule has 152 valence electrons. The van der Waals surface area contributed by atoms with E-state index in [-0.39, 0.29) is 29.7 Å². The van der Waals surface area contributed by atoms with E-state index in [1.54, 1.807) is 13.8 Å². The van der Waals surface area contributed by atoms with Crippen molar-refractivity contribution in [2.75, 3.05) is 0 Å². The maximum Gasteiger partial charge on any atom is 0.311 e. The Hall–Kier alpha value is -2.11. The first-order valence-corrected chi connectivity index (χ1v) is 9.61. The van der Waals surface area contributed by atoms with Crippen LogP contribution in [0.15, 0.2) is 21.5 Å². The summed E-state index contributed by atoms with van der Waals surface area (Å²) in [5, 5.41) is 0. The van der Waals surface area contributed by atoms with Gasteiger partial charge >= 0.3 is 11.9 Å². The van der Waals surface area contributed by atoms with Gasteiger partial charge in [0.05, 0.1) is 6.26 Å². The first kappa shape index (κ1) is 22.9. The van der Waals surface area contributed by atoms with Gasteiger partial charge in [-0.1, -0.05) is 34.1 Å². The molecule has 0 unspecified atom stereocenters. The zero-order valence-electron chi connectivity index (χ0n) is 17.2. The van der Waals surface area contributed by atoms with Crippen molar-refractivity contribution < 1.29 is 23.5 Å². The maximum absolute atomic E-state index is 11.2. The molecule has 0 N–H and O–H groups in total. The average molecular weight is 380 g/mol. The molecule has 3 atom stereocenters. The van der Waals surface area contributed by atoms with Crippen LogP contribution in [0.5, 0.6) is 5.75 Å². The summed E-state index contributed by atoms with van der Waals surface area (Å²) in [7, 11) is 0. The Morgan fingerprint density at radius 3 is 2.48 bits per heavy atom. The summed E-state index contributed by atoms with van der Waals surface area (Å²) < 4.78 is 15.1. The molecule has 0 radical (unpaired) electrons. The van der Waals surface area contributed by atoms with Gasteiger partial charge in [0.2, 0.25) is 11.2 Å². The highest BCUT2D eigenvalue weighted by molar-refractivity contribution is 5.72. The summed E-state index contributed by atoms with van der Waals surface area (Å²) in [5.74, 6) is 1.61. The predicted octanol–water partition coefficient (Wildman–Crippen LogP) is 4.27. The minimum Gasteiger partial charge on any atom is -0.465 e. The quantitative estimate of drug-likeness (QED) is 0.725. The Balaban J connectivity index is 0.000000271. The lowest BCUT2D eigenvalue weighted by Crippen LogP contribution is -2.35. The van der Waals surface area contributed by atoms with Gasteiger partial charge in [-0.2, -0.15) is 0 Å². The molecule has 0 saturated heterocycles. The third-order valence-electron chi connectivity index (χ3n) is 4.79. The van der Waals surface area contributed by atoms with E-state index in [0.717, 1.165) is 6.42 Å². The van der Waals surface area contributed by atoms with Crippen molar-refractivity contribution >= 4 is 11.9 Å². The molecule has 1 aromatic heterocycles. The minimum absolute atomic E-state index is 0.0191. The van der Waals surface area contributed by atoms with Crippen LogP contribution in [0.2, 0.25) is 0 Å². The lowest BCUT2D eigenvalue weighted by atomic mass is 9.75. The van der Waals surface area contributed by atoms with Gasteiger partial charge in [0, 0.05) is 19.4 Å². The van der Waals surface area contributed by atoms with Crippen molar-refractivity contribution in [3.8, 4) is 5.75 Å². The molecule has 0 spiro atoms. The van der Waals surface area contributed by atoms with E-state index in [2.05, 4.69) is 20.8 Å². The lowest BCUT2D eigenvalue weighted by Gasteiger charge is -2.36. The van der Waals surface area contributed by atoms with Crippen LogP contribution < -0.4 is 10.2 Å². The Bertz CT molecular complexity index is 675. The summed E-state index contributed by atoms with van der Waals surface area (Å²) in [6, 6.07) is 1.21. The molecule has 0 amide bonds. The molecule has 27 heavy (non-hydrogen) atoms. The van der Waals surface area contributed by atoms with E-state index in [0.29, 0.717) is 23.5 Å². The molecule has 1 aliphatic carbocycles. The molecule has 6 heteroatoms. The van der Waals surface area contributed by atoms with Crippen LogP contribution in [0, 0.1) is 24.7 Å². The molecule has 1 saturated carbocycles. The smallest absolute Gasteiger partial charge is 0.311 e. The number of esters is 2. The van der Waals surface area contributed by atoms with E-state index >= 15 is 0 Å². The van der Waals surface area contributed by atoms with Crippen molar-refractivity contribution in [1.82, 2.24) is 0 Å². The van der Waals surface area contributed by atoms with Crippen LogP contribution in [0.25, 0.3) is 0 Å². The molecular formula is C21H32O6. The highest BCUT2D eigenvalue weighted by Gasteiger charge is 2.32. The number of carbonyl (C=O) groups excluding carboxylic acids is 2. The van der Waals surface area contributed by atoms with Crippen LogP contribution in [0.1, 0.15) is 66.1 Å². The molecule has 1 aliphatic rings. The lowest BCUT2D eigenvalue weighted by molar-refractivity contribution is -0.153. The molecule has 1 fully saturated rings. The number of rotatable bonds is 4. The van der Waals surface area contributed by atoms with Gasteiger partial charge in [-0.25, -0.2) is 0 Å². The van der Waals surface area contributed by atoms with Crippen LogP contribution in [-0.4, -0.2) is 18.0 Å². The van der Waals surface area contributed by atoms with Crippen molar-refractivity contribution in [3.05, 3.63) is 28.3 Å². The Kier molecular flexibility index (Phi) is 9.26. The van der Waals surface area contributed by atoms with Gasteiger partial charge in [-0.15, -0.1) is 0 Å². The van der Waals surface area contributed by atoms with Crippen molar-refractivity contribution in [2.45, 2.75) is 73.3 Å². The first-order valence-electron chi connectivity index (χ1n) is 9.61. The number of hydrogen-bond donors (Lipinski definition) is 0. The molecule has 0 aliphatic heterocycles. The molecule has 1 aromatic rings. The van der Waals surface area contributed by atoms with E-state index < -0.39 is 5.97 Å². The highest BCUT2D eigenvalue weighted by Crippen LogP contribution is 2.35. The average Bonchev–Trinajstić information content (AvgIpc) is 2.58. The van der Waals surface area contributed by atoms with E-state index in [9.17, 15) is 14.4 Å². The van der Waals surface area contributed by atoms with Crippen molar-refractivity contribution in [2.24, 2.45) is 17.8 Å². The summed E-state index contributed by atoms with van der Waals surface area (Å²) in [5.41, 5.74) is -0.342. The normalized spacial score (nSPS) is 21.8. The van der Waals surface area contributed by atoms with Crippen LogP contribution >= 0.6 is 0 Å². The number of aryl methyl sites for hydroxylation is 1. The maximum atomic E-state index is 11.2. The highest BCUT2D eigenvalue weighted by atomic mass is 16.5. The second-order valence-corrected chi connectivity index (χ2v) is 7.47. The topological polar surface area (TPSA) is 82.8 Å². The fourth-order valence-corrected chi connectivity index (χ4v) is 3.27. The summed E-state index contributed by atoms with van der Waals surface area (Å²) >= 11 is 0. The summed E-state index contributed by atoms with van der Waals surface area (Å²) in [4.78, 5) is 33.0. The third-order valence-corrected chi connectivity index (χ3v) is 4.79. The molecule has 1 heterocycles. The molecule has 0 aromatic carbocycles. The first-order chi connectivity index (χ1) is 12.6. The standard InChI is InChI=1S/C12H22O2.C9H10O4/c1-8(2)11-6-5-9(3)7-12(11)14-10(4)13;1-3-8(11)13-9-6(2)12-5-4-7(9)10/h8-9,11-12H,5-7H2,1-4H3;4-5H,3H2,1-2H3/t9-,11+,12-;/m1./s1. The Labute approximate surface area is 161 Å².